The van der Waals surface area contributed by atoms with Crippen LogP contribution in [0, 0.1) is 6.92 Å². The van der Waals surface area contributed by atoms with Crippen molar-refractivity contribution >= 4 is 23.0 Å². The highest BCUT2D eigenvalue weighted by molar-refractivity contribution is 7.80. The zero-order chi connectivity index (χ0) is 23.7. The van der Waals surface area contributed by atoms with Gasteiger partial charge in [0.05, 0.1) is 31.6 Å². The van der Waals surface area contributed by atoms with Gasteiger partial charge < -0.3 is 24.3 Å². The van der Waals surface area contributed by atoms with Crippen LogP contribution in [0.25, 0.3) is 5.69 Å². The SMILES string of the molecule is COc1ccc(N2C(=S)N[C@H](c3ccccn3)[C@H]2c2cccn2-c2ccccc2C)c(OC)c1. The normalized spacial score (nSPS) is 17.5. The van der Waals surface area contributed by atoms with Crippen LogP contribution in [-0.4, -0.2) is 28.9 Å². The van der Waals surface area contributed by atoms with Crippen LogP contribution in [0.5, 0.6) is 11.5 Å². The second kappa shape index (κ2) is 9.19. The second-order valence-corrected chi connectivity index (χ2v) is 8.51. The number of rotatable bonds is 6. The van der Waals surface area contributed by atoms with Gasteiger partial charge >= 0.3 is 0 Å². The van der Waals surface area contributed by atoms with Crippen molar-refractivity contribution in [2.45, 2.75) is 19.0 Å². The average molecular weight is 471 g/mol. The number of aromatic nitrogens is 2. The lowest BCUT2D eigenvalue weighted by Gasteiger charge is -2.30. The predicted molar refractivity (Wildman–Crippen MR) is 138 cm³/mol. The summed E-state index contributed by atoms with van der Waals surface area (Å²) in [4.78, 5) is 6.79. The summed E-state index contributed by atoms with van der Waals surface area (Å²) in [5, 5.41) is 4.14. The number of para-hydroxylation sites is 1. The average Bonchev–Trinajstić information content (AvgIpc) is 3.48. The number of thiocarbonyl (C=S) groups is 1. The minimum absolute atomic E-state index is 0.154. The number of nitrogens with one attached hydrogen (secondary N) is 1. The van der Waals surface area contributed by atoms with E-state index in [1.165, 1.54) is 5.56 Å². The van der Waals surface area contributed by atoms with Gasteiger partial charge in [0.1, 0.15) is 17.5 Å². The highest BCUT2D eigenvalue weighted by Gasteiger charge is 2.43. The summed E-state index contributed by atoms with van der Waals surface area (Å²) in [6, 6.07) is 24.0. The smallest absolute Gasteiger partial charge is 0.174 e. The summed E-state index contributed by atoms with van der Waals surface area (Å²) in [6.07, 6.45) is 3.91. The maximum atomic E-state index is 5.90. The fraction of sp³-hybridized carbons (Fsp3) is 0.185. The third-order valence-electron chi connectivity index (χ3n) is 6.20. The van der Waals surface area contributed by atoms with Gasteiger partial charge in [-0.15, -0.1) is 0 Å². The van der Waals surface area contributed by atoms with E-state index in [4.69, 9.17) is 21.7 Å². The van der Waals surface area contributed by atoms with Crippen molar-refractivity contribution in [2.75, 3.05) is 19.1 Å². The van der Waals surface area contributed by atoms with E-state index in [2.05, 4.69) is 69.3 Å². The molecule has 5 rings (SSSR count). The van der Waals surface area contributed by atoms with Gasteiger partial charge in [-0.3, -0.25) is 4.98 Å². The predicted octanol–water partition coefficient (Wildman–Crippen LogP) is 5.38. The topological polar surface area (TPSA) is 51.5 Å². The molecule has 1 aliphatic rings. The number of benzene rings is 2. The maximum absolute atomic E-state index is 5.90. The summed E-state index contributed by atoms with van der Waals surface area (Å²) in [5.41, 5.74) is 5.19. The standard InChI is InChI=1S/C27H26N4O2S/c1-18-9-4-5-11-21(18)30-16-8-12-23(30)26-25(20-10-6-7-15-28-20)29-27(34)31(26)22-14-13-19(32-2)17-24(22)33-3/h4-17,25-26H,1-3H3,(H,29,34)/t25-,26-/m1/s1. The highest BCUT2D eigenvalue weighted by atomic mass is 32.1. The van der Waals surface area contributed by atoms with Crippen molar-refractivity contribution in [3.8, 4) is 17.2 Å². The molecule has 172 valence electrons. The van der Waals surface area contributed by atoms with Gasteiger partial charge in [-0.25, -0.2) is 0 Å². The van der Waals surface area contributed by atoms with E-state index in [-0.39, 0.29) is 12.1 Å². The highest BCUT2D eigenvalue weighted by Crippen LogP contribution is 2.45. The zero-order valence-electron chi connectivity index (χ0n) is 19.3. The van der Waals surface area contributed by atoms with Gasteiger partial charge in [0.2, 0.25) is 0 Å². The van der Waals surface area contributed by atoms with E-state index in [0.29, 0.717) is 10.9 Å². The molecule has 3 heterocycles. The number of aryl methyl sites for hydroxylation is 1. The largest absolute Gasteiger partial charge is 0.497 e. The number of anilines is 1. The fourth-order valence-electron chi connectivity index (χ4n) is 4.59. The maximum Gasteiger partial charge on any atom is 0.174 e. The van der Waals surface area contributed by atoms with Crippen molar-refractivity contribution < 1.29 is 9.47 Å². The van der Waals surface area contributed by atoms with Crippen molar-refractivity contribution in [3.63, 3.8) is 0 Å². The Kier molecular flexibility index (Phi) is 5.94. The fourth-order valence-corrected chi connectivity index (χ4v) is 4.93. The van der Waals surface area contributed by atoms with Gasteiger partial charge in [-0.1, -0.05) is 24.3 Å². The van der Waals surface area contributed by atoms with Crippen LogP contribution in [0.4, 0.5) is 5.69 Å². The Hall–Kier alpha value is -3.84. The van der Waals surface area contributed by atoms with E-state index >= 15 is 0 Å². The molecule has 7 heteroatoms. The minimum atomic E-state index is -0.167. The molecule has 6 nitrogen and oxygen atoms in total. The van der Waals surface area contributed by atoms with Crippen LogP contribution >= 0.6 is 12.2 Å². The first kappa shape index (κ1) is 22.0. The van der Waals surface area contributed by atoms with Gasteiger partial charge in [0, 0.05) is 29.8 Å². The number of ether oxygens (including phenoxy) is 2. The molecule has 1 saturated heterocycles. The molecule has 34 heavy (non-hydrogen) atoms. The molecule has 2 atom stereocenters. The van der Waals surface area contributed by atoms with Crippen LogP contribution in [0.15, 0.2) is 85.2 Å². The Morgan fingerprint density at radius 3 is 2.47 bits per heavy atom. The third-order valence-corrected chi connectivity index (χ3v) is 6.52. The molecule has 1 N–H and O–H groups in total. The summed E-state index contributed by atoms with van der Waals surface area (Å²) >= 11 is 5.90. The van der Waals surface area contributed by atoms with Crippen LogP contribution in [-0.2, 0) is 0 Å². The number of hydrogen-bond acceptors (Lipinski definition) is 4. The van der Waals surface area contributed by atoms with E-state index in [1.54, 1.807) is 14.2 Å². The Labute approximate surface area is 204 Å². The Morgan fingerprint density at radius 2 is 1.74 bits per heavy atom. The first-order valence-corrected chi connectivity index (χ1v) is 11.5. The molecule has 0 spiro atoms. The van der Waals surface area contributed by atoms with E-state index in [1.807, 2.05) is 42.6 Å². The zero-order valence-corrected chi connectivity index (χ0v) is 20.1. The number of hydrogen-bond donors (Lipinski definition) is 1. The van der Waals surface area contributed by atoms with Crippen molar-refractivity contribution in [3.05, 3.63) is 102 Å². The van der Waals surface area contributed by atoms with Crippen molar-refractivity contribution in [1.82, 2.24) is 14.9 Å². The lowest BCUT2D eigenvalue weighted by Crippen LogP contribution is -2.30. The minimum Gasteiger partial charge on any atom is -0.497 e. The quantitative estimate of drug-likeness (QED) is 0.382. The van der Waals surface area contributed by atoms with Gasteiger partial charge in [-0.2, -0.15) is 0 Å². The Balaban J connectivity index is 1.70. The molecule has 0 aliphatic carbocycles. The van der Waals surface area contributed by atoms with Crippen molar-refractivity contribution in [1.29, 1.82) is 0 Å². The van der Waals surface area contributed by atoms with Crippen LogP contribution < -0.4 is 19.7 Å². The molecule has 2 aromatic carbocycles. The summed E-state index contributed by atoms with van der Waals surface area (Å²) in [5.74, 6) is 1.41. The van der Waals surface area contributed by atoms with E-state index in [0.717, 1.165) is 28.5 Å². The summed E-state index contributed by atoms with van der Waals surface area (Å²) < 4.78 is 13.4. The van der Waals surface area contributed by atoms with E-state index < -0.39 is 0 Å². The molecule has 0 unspecified atom stereocenters. The molecule has 0 amide bonds. The lowest BCUT2D eigenvalue weighted by molar-refractivity contribution is 0.394. The number of pyridine rings is 1. The number of nitrogens with zero attached hydrogens (tertiary/aromatic N) is 3. The molecular weight excluding hydrogens is 444 g/mol. The molecule has 0 radical (unpaired) electrons. The number of methoxy groups -OCH3 is 2. The lowest BCUT2D eigenvalue weighted by atomic mass is 10.00. The third kappa shape index (κ3) is 3.78. The van der Waals surface area contributed by atoms with Crippen LogP contribution in [0.3, 0.4) is 0 Å². The van der Waals surface area contributed by atoms with E-state index in [9.17, 15) is 0 Å². The van der Waals surface area contributed by atoms with Crippen LogP contribution in [0.2, 0.25) is 0 Å². The molecule has 0 bridgehead atoms. The molecular formula is C27H26N4O2S. The Morgan fingerprint density at radius 1 is 0.912 bits per heavy atom. The molecule has 4 aromatic rings. The first-order valence-electron chi connectivity index (χ1n) is 11.1. The first-order chi connectivity index (χ1) is 16.6. The van der Waals surface area contributed by atoms with Crippen LogP contribution in [0.1, 0.15) is 29.0 Å². The summed E-state index contributed by atoms with van der Waals surface area (Å²) in [7, 11) is 3.30. The molecule has 2 aromatic heterocycles. The summed E-state index contributed by atoms with van der Waals surface area (Å²) in [6.45, 7) is 2.12. The molecule has 1 fully saturated rings. The Bertz CT molecular complexity index is 1320. The second-order valence-electron chi connectivity index (χ2n) is 8.12. The van der Waals surface area contributed by atoms with Gasteiger partial charge in [0.25, 0.3) is 0 Å². The van der Waals surface area contributed by atoms with Crippen molar-refractivity contribution in [2.24, 2.45) is 0 Å². The van der Waals surface area contributed by atoms with Gasteiger partial charge in [-0.05, 0) is 67.2 Å². The molecule has 0 saturated carbocycles. The monoisotopic (exact) mass is 470 g/mol. The molecule has 1 aliphatic heterocycles. The van der Waals surface area contributed by atoms with Gasteiger partial charge in [0.15, 0.2) is 5.11 Å².